The van der Waals surface area contributed by atoms with Gasteiger partial charge in [0.15, 0.2) is 11.8 Å². The molecule has 4 aromatic rings. The summed E-state index contributed by atoms with van der Waals surface area (Å²) in [4.78, 5) is 81.6. The van der Waals surface area contributed by atoms with E-state index in [1.165, 1.54) is 30.4 Å². The molecule has 0 bridgehead atoms. The molecule has 8 rings (SSSR count). The Labute approximate surface area is 334 Å². The van der Waals surface area contributed by atoms with Gasteiger partial charge in [-0.1, -0.05) is 35.9 Å². The van der Waals surface area contributed by atoms with Crippen molar-refractivity contribution in [2.75, 3.05) is 31.1 Å². The van der Waals surface area contributed by atoms with Crippen molar-refractivity contribution in [2.45, 2.75) is 82.4 Å². The molecule has 0 saturated carbocycles. The largest absolute Gasteiger partial charge is 0.575 e. The SMILES string of the molecule is C[C@H]1C[C@H]2CC[C@@H](C(=O)N3CC(c4cncnc4N4CCC4)C3)N2C(=O)[C@@H](NC(=O)c2cc3cc([C@H](F)OC(=O)[C@H](C)N=[P+]([O-])Oc4ccccc4)ccc3s2)C1. The van der Waals surface area contributed by atoms with E-state index in [1.807, 2.05) is 11.1 Å². The summed E-state index contributed by atoms with van der Waals surface area (Å²) in [7, 11) is -2.60. The number of nitrogens with zero attached hydrogens (tertiary/aromatic N) is 6. The minimum absolute atomic E-state index is 0.0449. The number of thiophene rings is 1. The topological polar surface area (TPSA) is 170 Å². The summed E-state index contributed by atoms with van der Waals surface area (Å²) >= 11 is 1.19. The highest BCUT2D eigenvalue weighted by atomic mass is 32.1. The van der Waals surface area contributed by atoms with Gasteiger partial charge in [-0.25, -0.2) is 14.8 Å². The molecule has 4 fully saturated rings. The number of amides is 3. The number of carbonyl (C=O) groups excluding carboxylic acids is 4. The molecule has 4 aliphatic heterocycles. The van der Waals surface area contributed by atoms with E-state index in [0.29, 0.717) is 46.6 Å². The van der Waals surface area contributed by atoms with Gasteiger partial charge in [-0.05, 0) is 80.7 Å². The number of fused-ring (bicyclic) bond motifs is 2. The van der Waals surface area contributed by atoms with E-state index in [0.717, 1.165) is 43.7 Å². The van der Waals surface area contributed by atoms with Gasteiger partial charge in [-0.15, -0.1) is 11.3 Å². The van der Waals surface area contributed by atoms with Crippen LogP contribution in [0.3, 0.4) is 0 Å². The number of esters is 1. The van der Waals surface area contributed by atoms with E-state index in [2.05, 4.69) is 31.9 Å². The fraction of sp³-hybridized carbons (Fsp3) is 0.450. The number of ether oxygens (including phenoxy) is 1. The number of hydrogen-bond acceptors (Lipinski definition) is 12. The van der Waals surface area contributed by atoms with E-state index in [9.17, 15) is 24.1 Å². The van der Waals surface area contributed by atoms with E-state index < -0.39 is 44.5 Å². The Balaban J connectivity index is 0.892. The van der Waals surface area contributed by atoms with Crippen molar-refractivity contribution < 1.29 is 37.7 Å². The Morgan fingerprint density at radius 3 is 2.63 bits per heavy atom. The van der Waals surface area contributed by atoms with E-state index in [-0.39, 0.29) is 35.3 Å². The lowest BCUT2D eigenvalue weighted by molar-refractivity contribution is -0.171. The number of carbonyl (C=O) groups is 4. The minimum Gasteiger partial charge on any atom is -0.575 e. The summed E-state index contributed by atoms with van der Waals surface area (Å²) < 4.78 is 29.9. The Bertz CT molecular complexity index is 2200. The number of likely N-dealkylation sites (tertiary alicyclic amines) is 1. The van der Waals surface area contributed by atoms with Crippen LogP contribution in [0.2, 0.25) is 0 Å². The van der Waals surface area contributed by atoms with Gasteiger partial charge in [-0.2, -0.15) is 4.39 Å². The van der Waals surface area contributed by atoms with Crippen LogP contribution < -0.4 is 19.6 Å². The third-order valence-electron chi connectivity index (χ3n) is 11.2. The maximum atomic E-state index is 15.2. The number of nitrogens with one attached hydrogen (secondary N) is 1. The van der Waals surface area contributed by atoms with Crippen molar-refractivity contribution in [2.24, 2.45) is 10.7 Å². The number of para-hydroxylation sites is 1. The van der Waals surface area contributed by atoms with Crippen molar-refractivity contribution in [3.05, 3.63) is 83.1 Å². The Kier molecular flexibility index (Phi) is 11.2. The first-order valence-electron chi connectivity index (χ1n) is 19.3. The Morgan fingerprint density at radius 1 is 1.09 bits per heavy atom. The molecule has 6 heterocycles. The number of halogens is 1. The normalized spacial score (nSPS) is 23.5. The summed E-state index contributed by atoms with van der Waals surface area (Å²) in [6.45, 7) is 6.43. The van der Waals surface area contributed by atoms with Crippen LogP contribution in [0.5, 0.6) is 5.75 Å². The van der Waals surface area contributed by atoms with Crippen LogP contribution >= 0.6 is 19.5 Å². The molecule has 1 unspecified atom stereocenters. The first kappa shape index (κ1) is 38.8. The van der Waals surface area contributed by atoms with Crippen LogP contribution in [-0.4, -0.2) is 93.8 Å². The molecular weight excluding hydrogens is 773 g/mol. The average Bonchev–Trinajstić information content (AvgIpc) is 3.75. The molecule has 4 aliphatic rings. The predicted molar refractivity (Wildman–Crippen MR) is 209 cm³/mol. The molecular formula is C40H43FN7O7PS. The number of alkyl halides is 1. The molecule has 7 atom stereocenters. The summed E-state index contributed by atoms with van der Waals surface area (Å²) in [6.07, 6.45) is 4.91. The molecule has 0 spiro atoms. The molecule has 0 radical (unpaired) electrons. The summed E-state index contributed by atoms with van der Waals surface area (Å²) in [5, 5.41) is 3.51. The lowest BCUT2D eigenvalue weighted by Gasteiger charge is -2.44. The standard InChI is InChI=1S/C40H43FN7O7PS/c1-23-15-28-10-11-32(39(51)47-20-27(21-47)30-19-42-22-43-36(30)46-13-6-14-46)48(28)38(50)31(16-23)44-37(49)34-18-26-17-25(9-12-33(26)57-34)35(41)54-40(52)24(2)45-56(53)55-29-7-4-3-5-8-29/h3-5,7-9,12,17-19,22-24,27-28,31-32,35H,6,10-11,13-16,20-21H2,1-2H3,(H,44,49)/t23-,24-,28+,31-,32-,35+/m0/s1. The molecule has 4 saturated heterocycles. The van der Waals surface area contributed by atoms with Crippen molar-refractivity contribution >= 4 is 59.1 Å². The first-order chi connectivity index (χ1) is 27.5. The van der Waals surface area contributed by atoms with Gasteiger partial charge >= 0.3 is 14.1 Å². The van der Waals surface area contributed by atoms with Gasteiger partial charge in [0.2, 0.25) is 11.8 Å². The second kappa shape index (κ2) is 16.4. The van der Waals surface area contributed by atoms with E-state index >= 15 is 4.39 Å². The molecule has 298 valence electrons. The maximum absolute atomic E-state index is 15.2. The number of hydrogen-bond donors (Lipinski definition) is 1. The fourth-order valence-electron chi connectivity index (χ4n) is 8.13. The van der Waals surface area contributed by atoms with Crippen molar-refractivity contribution in [3.63, 3.8) is 0 Å². The Hall–Kier alpha value is -5.05. The molecule has 14 nitrogen and oxygen atoms in total. The van der Waals surface area contributed by atoms with Gasteiger partial charge < -0.3 is 29.6 Å². The molecule has 1 N–H and O–H groups in total. The van der Waals surface area contributed by atoms with Crippen molar-refractivity contribution in [3.8, 4) is 5.75 Å². The van der Waals surface area contributed by atoms with Crippen LogP contribution in [0, 0.1) is 5.92 Å². The van der Waals surface area contributed by atoms with E-state index in [4.69, 9.17) is 9.26 Å². The highest BCUT2D eigenvalue weighted by Gasteiger charge is 2.49. The highest BCUT2D eigenvalue weighted by molar-refractivity contribution is 7.34. The molecule has 57 heavy (non-hydrogen) atoms. The third-order valence-corrected chi connectivity index (χ3v) is 13.3. The first-order valence-corrected chi connectivity index (χ1v) is 21.2. The second-order valence-electron chi connectivity index (χ2n) is 15.3. The van der Waals surface area contributed by atoms with Gasteiger partial charge in [-0.3, -0.25) is 18.9 Å². The smallest absolute Gasteiger partial charge is 0.395 e. The van der Waals surface area contributed by atoms with Gasteiger partial charge in [0.25, 0.3) is 12.3 Å². The predicted octanol–water partition coefficient (Wildman–Crippen LogP) is 5.25. The fourth-order valence-corrected chi connectivity index (χ4v) is 9.80. The monoisotopic (exact) mass is 815 g/mol. The van der Waals surface area contributed by atoms with Gasteiger partial charge in [0.05, 0.1) is 4.88 Å². The average molecular weight is 816 g/mol. The minimum atomic E-state index is -2.60. The zero-order chi connectivity index (χ0) is 39.8. The zero-order valence-corrected chi connectivity index (χ0v) is 33.2. The summed E-state index contributed by atoms with van der Waals surface area (Å²) in [5.41, 5.74) is 1.10. The molecule has 0 aliphatic carbocycles. The van der Waals surface area contributed by atoms with Crippen LogP contribution in [0.15, 0.2) is 71.9 Å². The lowest BCUT2D eigenvalue weighted by atomic mass is 9.91. The van der Waals surface area contributed by atoms with Crippen LogP contribution in [0.4, 0.5) is 10.2 Å². The molecule has 17 heteroatoms. The van der Waals surface area contributed by atoms with Crippen molar-refractivity contribution in [1.82, 2.24) is 25.1 Å². The second-order valence-corrected chi connectivity index (χ2v) is 17.2. The van der Waals surface area contributed by atoms with Crippen molar-refractivity contribution in [1.29, 1.82) is 0 Å². The molecule has 2 aromatic carbocycles. The number of aromatic nitrogens is 2. The van der Waals surface area contributed by atoms with E-state index in [1.54, 1.807) is 53.7 Å². The number of anilines is 1. The van der Waals surface area contributed by atoms with Crippen LogP contribution in [-0.2, 0) is 19.1 Å². The Morgan fingerprint density at radius 2 is 1.88 bits per heavy atom. The lowest BCUT2D eigenvalue weighted by Crippen LogP contribution is -2.58. The van der Waals surface area contributed by atoms with Gasteiger partial charge in [0.1, 0.15) is 24.2 Å². The molecule has 3 amide bonds. The summed E-state index contributed by atoms with van der Waals surface area (Å²) in [5.74, 6) is -0.233. The number of benzene rings is 2. The quantitative estimate of drug-likeness (QED) is 0.156. The maximum Gasteiger partial charge on any atom is 0.395 e. The highest BCUT2D eigenvalue weighted by Crippen LogP contribution is 2.39. The molecule has 2 aromatic heterocycles. The van der Waals surface area contributed by atoms with Gasteiger partial charge in [0, 0.05) is 60.2 Å². The number of rotatable bonds is 11. The third kappa shape index (κ3) is 8.21. The van der Waals surface area contributed by atoms with Crippen LogP contribution in [0.1, 0.15) is 79.0 Å². The summed E-state index contributed by atoms with van der Waals surface area (Å²) in [6, 6.07) is 11.8. The van der Waals surface area contributed by atoms with Crippen LogP contribution in [0.25, 0.3) is 10.1 Å². The zero-order valence-electron chi connectivity index (χ0n) is 31.5.